The second-order valence-electron chi connectivity index (χ2n) is 2.72. The van der Waals surface area contributed by atoms with Gasteiger partial charge in [0.2, 0.25) is 0 Å². The molecule has 0 unspecified atom stereocenters. The Morgan fingerprint density at radius 3 is 3.00 bits per heavy atom. The summed E-state index contributed by atoms with van der Waals surface area (Å²) < 4.78 is 17.6. The van der Waals surface area contributed by atoms with Crippen LogP contribution in [0.3, 0.4) is 0 Å². The lowest BCUT2D eigenvalue weighted by Crippen LogP contribution is -2.08. The van der Waals surface area contributed by atoms with E-state index in [1.807, 2.05) is 6.07 Å². The number of nitrogens with one attached hydrogen (secondary N) is 1. The van der Waals surface area contributed by atoms with Gasteiger partial charge in [0.1, 0.15) is 11.9 Å². The van der Waals surface area contributed by atoms with E-state index in [0.29, 0.717) is 24.4 Å². The lowest BCUT2D eigenvalue weighted by molar-refractivity contribution is 0.211. The predicted molar refractivity (Wildman–Crippen MR) is 51.5 cm³/mol. The Hall–Kier alpha value is -1.60. The molecule has 0 heterocycles. The number of benzene rings is 1. The first-order chi connectivity index (χ1) is 6.77. The van der Waals surface area contributed by atoms with Crippen molar-refractivity contribution in [1.29, 1.82) is 5.26 Å². The maximum absolute atomic E-state index is 12.7. The number of nitrogens with zero attached hydrogens (tertiary/aromatic N) is 1. The number of nitriles is 1. The zero-order valence-electron chi connectivity index (χ0n) is 7.88. The number of methoxy groups -OCH3 is 1. The molecule has 1 rings (SSSR count). The summed E-state index contributed by atoms with van der Waals surface area (Å²) >= 11 is 0. The lowest BCUT2D eigenvalue weighted by atomic mass is 10.2. The molecule has 14 heavy (non-hydrogen) atoms. The van der Waals surface area contributed by atoms with Gasteiger partial charge >= 0.3 is 0 Å². The maximum atomic E-state index is 12.7. The molecule has 0 aromatic heterocycles. The van der Waals surface area contributed by atoms with Gasteiger partial charge in [0.05, 0.1) is 17.9 Å². The van der Waals surface area contributed by atoms with Crippen molar-refractivity contribution in [2.75, 3.05) is 25.6 Å². The average Bonchev–Trinajstić information content (AvgIpc) is 2.20. The minimum absolute atomic E-state index is 0.307. The van der Waals surface area contributed by atoms with Crippen LogP contribution in [0.15, 0.2) is 18.2 Å². The van der Waals surface area contributed by atoms with E-state index in [-0.39, 0.29) is 0 Å². The number of rotatable bonds is 4. The Morgan fingerprint density at radius 2 is 2.36 bits per heavy atom. The van der Waals surface area contributed by atoms with Crippen LogP contribution >= 0.6 is 0 Å². The van der Waals surface area contributed by atoms with Gasteiger partial charge in [-0.15, -0.1) is 0 Å². The summed E-state index contributed by atoms with van der Waals surface area (Å²) in [4.78, 5) is 0. The van der Waals surface area contributed by atoms with E-state index in [2.05, 4.69) is 5.32 Å². The largest absolute Gasteiger partial charge is 0.383 e. The fraction of sp³-hybridized carbons (Fsp3) is 0.300. The van der Waals surface area contributed by atoms with Gasteiger partial charge < -0.3 is 10.1 Å². The number of ether oxygens (including phenoxy) is 1. The second-order valence-corrected chi connectivity index (χ2v) is 2.72. The third kappa shape index (κ3) is 2.71. The SMILES string of the molecule is COCCNc1ccc(F)cc1C#N. The summed E-state index contributed by atoms with van der Waals surface area (Å²) in [6.45, 7) is 1.14. The third-order valence-corrected chi connectivity index (χ3v) is 1.72. The number of halogens is 1. The lowest BCUT2D eigenvalue weighted by Gasteiger charge is -2.06. The third-order valence-electron chi connectivity index (χ3n) is 1.72. The first-order valence-corrected chi connectivity index (χ1v) is 4.20. The smallest absolute Gasteiger partial charge is 0.124 e. The van der Waals surface area contributed by atoms with E-state index in [0.717, 1.165) is 0 Å². The summed E-state index contributed by atoms with van der Waals surface area (Å²) in [5.74, 6) is -0.404. The molecule has 1 aromatic carbocycles. The summed E-state index contributed by atoms with van der Waals surface area (Å²) in [7, 11) is 1.59. The average molecular weight is 194 g/mol. The van der Waals surface area contributed by atoms with E-state index in [9.17, 15) is 4.39 Å². The Morgan fingerprint density at radius 1 is 1.57 bits per heavy atom. The van der Waals surface area contributed by atoms with Crippen LogP contribution < -0.4 is 5.32 Å². The second kappa shape index (κ2) is 5.20. The van der Waals surface area contributed by atoms with Gasteiger partial charge in [-0.3, -0.25) is 0 Å². The summed E-state index contributed by atoms with van der Waals surface area (Å²) in [5, 5.41) is 11.7. The van der Waals surface area contributed by atoms with Crippen molar-refractivity contribution in [1.82, 2.24) is 0 Å². The monoisotopic (exact) mass is 194 g/mol. The summed E-state index contributed by atoms with van der Waals surface area (Å²) in [5.41, 5.74) is 0.937. The molecule has 0 bridgehead atoms. The van der Waals surface area contributed by atoms with Crippen LogP contribution in [-0.4, -0.2) is 20.3 Å². The molecule has 1 aromatic rings. The van der Waals surface area contributed by atoms with Crippen molar-refractivity contribution in [3.8, 4) is 6.07 Å². The molecular weight excluding hydrogens is 183 g/mol. The normalized spacial score (nSPS) is 9.50. The molecule has 0 aliphatic heterocycles. The molecule has 0 saturated heterocycles. The van der Waals surface area contributed by atoms with Crippen molar-refractivity contribution < 1.29 is 9.13 Å². The van der Waals surface area contributed by atoms with Crippen molar-refractivity contribution in [3.63, 3.8) is 0 Å². The highest BCUT2D eigenvalue weighted by Gasteiger charge is 2.02. The first kappa shape index (κ1) is 10.5. The van der Waals surface area contributed by atoms with E-state index in [1.165, 1.54) is 12.1 Å². The molecule has 0 amide bonds. The fourth-order valence-corrected chi connectivity index (χ4v) is 1.05. The molecule has 74 valence electrons. The van der Waals surface area contributed by atoms with Crippen LogP contribution in [0, 0.1) is 17.1 Å². The topological polar surface area (TPSA) is 45.0 Å². The molecule has 0 spiro atoms. The molecule has 0 fully saturated rings. The number of hydrogen-bond acceptors (Lipinski definition) is 3. The standard InChI is InChI=1S/C10H11FN2O/c1-14-5-4-13-10-3-2-9(11)6-8(10)7-12/h2-3,6,13H,4-5H2,1H3. The minimum atomic E-state index is -0.404. The van der Waals surface area contributed by atoms with Crippen LogP contribution in [0.1, 0.15) is 5.56 Å². The molecule has 1 N–H and O–H groups in total. The summed E-state index contributed by atoms with van der Waals surface area (Å²) in [6, 6.07) is 5.98. The molecule has 4 heteroatoms. The van der Waals surface area contributed by atoms with Crippen molar-refractivity contribution in [2.45, 2.75) is 0 Å². The Labute approximate surface area is 82.1 Å². The van der Waals surface area contributed by atoms with Crippen LogP contribution in [0.25, 0.3) is 0 Å². The first-order valence-electron chi connectivity index (χ1n) is 4.20. The molecule has 0 saturated carbocycles. The highest BCUT2D eigenvalue weighted by molar-refractivity contribution is 5.57. The fourth-order valence-electron chi connectivity index (χ4n) is 1.05. The minimum Gasteiger partial charge on any atom is -0.383 e. The highest BCUT2D eigenvalue weighted by atomic mass is 19.1. The van der Waals surface area contributed by atoms with Crippen LogP contribution in [0.5, 0.6) is 0 Å². The maximum Gasteiger partial charge on any atom is 0.124 e. The van der Waals surface area contributed by atoms with Crippen LogP contribution in [0.4, 0.5) is 10.1 Å². The van der Waals surface area contributed by atoms with Gasteiger partial charge in [-0.25, -0.2) is 4.39 Å². The molecule has 3 nitrogen and oxygen atoms in total. The van der Waals surface area contributed by atoms with Crippen LogP contribution in [0.2, 0.25) is 0 Å². The number of anilines is 1. The molecule has 0 radical (unpaired) electrons. The molecule has 0 atom stereocenters. The molecule has 0 aliphatic rings. The zero-order chi connectivity index (χ0) is 10.4. The Balaban J connectivity index is 2.72. The van der Waals surface area contributed by atoms with Crippen molar-refractivity contribution in [3.05, 3.63) is 29.6 Å². The highest BCUT2D eigenvalue weighted by Crippen LogP contribution is 2.15. The Kier molecular flexibility index (Phi) is 3.89. The summed E-state index contributed by atoms with van der Waals surface area (Å²) in [6.07, 6.45) is 0. The van der Waals surface area contributed by atoms with E-state index < -0.39 is 5.82 Å². The van der Waals surface area contributed by atoms with Crippen molar-refractivity contribution >= 4 is 5.69 Å². The van der Waals surface area contributed by atoms with Gasteiger partial charge in [0.15, 0.2) is 0 Å². The van der Waals surface area contributed by atoms with E-state index in [1.54, 1.807) is 13.2 Å². The molecule has 0 aliphatic carbocycles. The zero-order valence-corrected chi connectivity index (χ0v) is 7.88. The Bertz CT molecular complexity index is 346. The molecular formula is C10H11FN2O. The van der Waals surface area contributed by atoms with E-state index in [4.69, 9.17) is 10.00 Å². The predicted octanol–water partition coefficient (Wildman–Crippen LogP) is 1.76. The van der Waals surface area contributed by atoms with E-state index >= 15 is 0 Å². The number of hydrogen-bond donors (Lipinski definition) is 1. The van der Waals surface area contributed by atoms with Gasteiger partial charge in [0, 0.05) is 13.7 Å². The van der Waals surface area contributed by atoms with Gasteiger partial charge in [-0.1, -0.05) is 0 Å². The quantitative estimate of drug-likeness (QED) is 0.743. The van der Waals surface area contributed by atoms with Crippen LogP contribution in [-0.2, 0) is 4.74 Å². The van der Waals surface area contributed by atoms with Crippen molar-refractivity contribution in [2.24, 2.45) is 0 Å². The van der Waals surface area contributed by atoms with Gasteiger partial charge in [-0.2, -0.15) is 5.26 Å². The van der Waals surface area contributed by atoms with Gasteiger partial charge in [0.25, 0.3) is 0 Å². The van der Waals surface area contributed by atoms with Gasteiger partial charge in [-0.05, 0) is 18.2 Å².